The summed E-state index contributed by atoms with van der Waals surface area (Å²) in [4.78, 5) is 9.79. The molecule has 0 saturated heterocycles. The first kappa shape index (κ1) is 32.0. The lowest BCUT2D eigenvalue weighted by Gasteiger charge is -2.28. The van der Waals surface area contributed by atoms with Gasteiger partial charge in [-0.05, 0) is 19.8 Å². The smallest absolute Gasteiger partial charge is 0.381 e. The summed E-state index contributed by atoms with van der Waals surface area (Å²) >= 11 is 0. The molecule has 2 unspecified atom stereocenters. The van der Waals surface area contributed by atoms with Crippen molar-refractivity contribution in [3.05, 3.63) is 0 Å². The van der Waals surface area contributed by atoms with Gasteiger partial charge in [0.05, 0.1) is 27.7 Å². The highest BCUT2D eigenvalue weighted by Gasteiger charge is 2.27. The Labute approximate surface area is 199 Å². The monoisotopic (exact) mass is 480 g/mol. The Balaban J connectivity index is 3.35. The van der Waals surface area contributed by atoms with Crippen LogP contribution < -0.4 is 0 Å². The molecule has 0 spiro atoms. The van der Waals surface area contributed by atoms with Crippen molar-refractivity contribution in [3.63, 3.8) is 0 Å². The van der Waals surface area contributed by atoms with Crippen LogP contribution in [0, 0.1) is 0 Å². The predicted molar refractivity (Wildman–Crippen MR) is 135 cm³/mol. The van der Waals surface area contributed by atoms with Gasteiger partial charge in [0.2, 0.25) is 0 Å². The molecule has 0 aliphatic carbocycles. The van der Waals surface area contributed by atoms with E-state index in [0.29, 0.717) is 24.1 Å². The molecule has 0 heterocycles. The van der Waals surface area contributed by atoms with Gasteiger partial charge in [0.25, 0.3) is 0 Å². The quantitative estimate of drug-likeness (QED) is 0.0906. The van der Waals surface area contributed by atoms with E-state index in [1.54, 1.807) is 6.92 Å². The van der Waals surface area contributed by atoms with Crippen molar-refractivity contribution in [2.45, 2.75) is 116 Å². The van der Waals surface area contributed by atoms with E-state index in [1.807, 2.05) is 21.1 Å². The minimum Gasteiger partial charge on any atom is -0.381 e. The second-order valence-electron chi connectivity index (χ2n) is 10.3. The van der Waals surface area contributed by atoms with Crippen LogP contribution in [0.15, 0.2) is 0 Å². The van der Waals surface area contributed by atoms with Crippen LogP contribution in [0.25, 0.3) is 0 Å². The number of likely N-dealkylation sites (N-methyl/N-ethyl adjacent to an activating group) is 1. The maximum Gasteiger partial charge on any atom is 0.472 e. The van der Waals surface area contributed by atoms with E-state index in [1.165, 1.54) is 83.5 Å². The van der Waals surface area contributed by atoms with Crippen molar-refractivity contribution in [1.29, 1.82) is 0 Å². The van der Waals surface area contributed by atoms with E-state index in [0.717, 1.165) is 13.0 Å². The van der Waals surface area contributed by atoms with E-state index in [-0.39, 0.29) is 12.7 Å². The van der Waals surface area contributed by atoms with Crippen LogP contribution >= 0.6 is 7.82 Å². The molecule has 0 amide bonds. The topological polar surface area (TPSA) is 65.0 Å². The zero-order chi connectivity index (χ0) is 24.1. The molecule has 0 bridgehead atoms. The van der Waals surface area contributed by atoms with Gasteiger partial charge in [-0.15, -0.1) is 0 Å². The van der Waals surface area contributed by atoms with Crippen molar-refractivity contribution >= 4 is 7.82 Å². The third kappa shape index (κ3) is 24.7. The van der Waals surface area contributed by atoms with Crippen LogP contribution in [-0.2, 0) is 18.3 Å². The van der Waals surface area contributed by atoms with Gasteiger partial charge >= 0.3 is 7.82 Å². The first-order valence-electron chi connectivity index (χ1n) is 13.2. The Kier molecular flexibility index (Phi) is 20.4. The Bertz CT molecular complexity index is 456. The molecule has 7 heteroatoms. The van der Waals surface area contributed by atoms with Crippen LogP contribution in [0.3, 0.4) is 0 Å². The van der Waals surface area contributed by atoms with E-state index in [4.69, 9.17) is 13.8 Å². The second kappa shape index (κ2) is 20.4. The summed E-state index contributed by atoms with van der Waals surface area (Å²) in [6.07, 6.45) is 19.2. The maximum atomic E-state index is 12.0. The highest BCUT2D eigenvalue weighted by atomic mass is 31.2. The summed E-state index contributed by atoms with van der Waals surface area (Å²) in [5.74, 6) is 0. The van der Waals surface area contributed by atoms with Crippen molar-refractivity contribution in [2.24, 2.45) is 0 Å². The second-order valence-corrected chi connectivity index (χ2v) is 11.7. The largest absolute Gasteiger partial charge is 0.472 e. The molecule has 0 aliphatic rings. The molecule has 6 nitrogen and oxygen atoms in total. The van der Waals surface area contributed by atoms with Crippen molar-refractivity contribution in [1.82, 2.24) is 0 Å². The highest BCUT2D eigenvalue weighted by Crippen LogP contribution is 2.44. The average molecular weight is 481 g/mol. The number of unbranched alkanes of at least 4 members (excludes halogenated alkanes) is 13. The third-order valence-electron chi connectivity index (χ3n) is 5.45. The summed E-state index contributed by atoms with van der Waals surface area (Å²) in [6.45, 7) is 6.17. The fourth-order valence-corrected chi connectivity index (χ4v) is 4.85. The fourth-order valence-electron chi connectivity index (χ4n) is 3.90. The van der Waals surface area contributed by atoms with Gasteiger partial charge in [-0.1, -0.05) is 90.4 Å². The molecule has 194 valence electrons. The number of ether oxygens (including phenoxy) is 1. The number of phosphoric ester groups is 1. The third-order valence-corrected chi connectivity index (χ3v) is 6.58. The molecule has 2 atom stereocenters. The number of nitrogens with zero attached hydrogens (tertiary/aromatic N) is 1. The van der Waals surface area contributed by atoms with Crippen LogP contribution in [0.4, 0.5) is 0 Å². The van der Waals surface area contributed by atoms with Crippen LogP contribution in [0.2, 0.25) is 0 Å². The van der Waals surface area contributed by atoms with E-state index >= 15 is 0 Å². The normalized spacial score (nSPS) is 15.1. The summed E-state index contributed by atoms with van der Waals surface area (Å²) < 4.78 is 28.5. The summed E-state index contributed by atoms with van der Waals surface area (Å²) in [5, 5.41) is 0. The Hall–Kier alpha value is 0.0300. The summed E-state index contributed by atoms with van der Waals surface area (Å²) in [7, 11) is 2.04. The van der Waals surface area contributed by atoms with Crippen molar-refractivity contribution in [2.75, 3.05) is 47.5 Å². The van der Waals surface area contributed by atoms with Gasteiger partial charge in [0.15, 0.2) is 0 Å². The molecular weight excluding hydrogens is 425 g/mol. The van der Waals surface area contributed by atoms with E-state index in [9.17, 15) is 9.46 Å². The SMILES string of the molecule is CCCCCCCCCCCCCCCCOCCCOP(=O)(O)OC(C)C[N+](C)(C)C. The molecule has 0 aliphatic heterocycles. The number of hydrogen-bond donors (Lipinski definition) is 1. The Morgan fingerprint density at radius 3 is 1.62 bits per heavy atom. The van der Waals surface area contributed by atoms with Crippen LogP contribution in [0.5, 0.6) is 0 Å². The van der Waals surface area contributed by atoms with Crippen LogP contribution in [0.1, 0.15) is 110 Å². The van der Waals surface area contributed by atoms with Gasteiger partial charge in [-0.2, -0.15) is 0 Å². The molecule has 0 aromatic heterocycles. The van der Waals surface area contributed by atoms with Gasteiger partial charge in [-0.25, -0.2) is 4.57 Å². The van der Waals surface area contributed by atoms with Gasteiger partial charge < -0.3 is 14.1 Å². The lowest BCUT2D eigenvalue weighted by atomic mass is 10.0. The minimum atomic E-state index is -3.99. The first-order valence-corrected chi connectivity index (χ1v) is 14.7. The lowest BCUT2D eigenvalue weighted by Crippen LogP contribution is -2.41. The predicted octanol–water partition coefficient (Wildman–Crippen LogP) is 7.10. The van der Waals surface area contributed by atoms with E-state index in [2.05, 4.69) is 6.92 Å². The lowest BCUT2D eigenvalue weighted by molar-refractivity contribution is -0.873. The molecule has 0 rings (SSSR count). The van der Waals surface area contributed by atoms with Gasteiger partial charge in [0.1, 0.15) is 12.6 Å². The zero-order valence-electron chi connectivity index (χ0n) is 22.0. The zero-order valence-corrected chi connectivity index (χ0v) is 22.9. The number of quaternary nitrogens is 1. The Morgan fingerprint density at radius 2 is 1.16 bits per heavy atom. The first-order chi connectivity index (χ1) is 15.2. The van der Waals surface area contributed by atoms with Crippen molar-refractivity contribution < 1.29 is 27.7 Å². The fraction of sp³-hybridized carbons (Fsp3) is 1.00. The van der Waals surface area contributed by atoms with Gasteiger partial charge in [0, 0.05) is 13.2 Å². The molecule has 0 aromatic carbocycles. The summed E-state index contributed by atoms with van der Waals surface area (Å²) in [5.41, 5.74) is 0. The number of phosphoric acid groups is 1. The molecule has 1 N–H and O–H groups in total. The molecule has 0 radical (unpaired) electrons. The average Bonchev–Trinajstić information content (AvgIpc) is 2.67. The maximum absolute atomic E-state index is 12.0. The van der Waals surface area contributed by atoms with E-state index < -0.39 is 7.82 Å². The molecule has 0 saturated carbocycles. The molecule has 32 heavy (non-hydrogen) atoms. The van der Waals surface area contributed by atoms with Crippen LogP contribution in [-0.4, -0.2) is 63.0 Å². The number of hydrogen-bond acceptors (Lipinski definition) is 4. The Morgan fingerprint density at radius 1 is 0.719 bits per heavy atom. The molecular formula is C25H55NO5P+. The highest BCUT2D eigenvalue weighted by molar-refractivity contribution is 7.47. The number of rotatable bonds is 24. The van der Waals surface area contributed by atoms with Gasteiger partial charge in [-0.3, -0.25) is 9.05 Å². The van der Waals surface area contributed by atoms with Crippen molar-refractivity contribution in [3.8, 4) is 0 Å². The standard InChI is InChI=1S/C25H54NO5P/c1-6-7-8-9-10-11-12-13-14-15-16-17-18-19-21-29-22-20-23-30-32(27,28)31-25(2)24-26(3,4)5/h25H,6-24H2,1-5H3/p+1. The minimum absolute atomic E-state index is 0.170. The summed E-state index contributed by atoms with van der Waals surface area (Å²) in [6, 6.07) is 0. The molecule has 0 aromatic rings. The molecule has 0 fully saturated rings.